The summed E-state index contributed by atoms with van der Waals surface area (Å²) >= 11 is 0. The van der Waals surface area contributed by atoms with Crippen LogP contribution in [0.5, 0.6) is 23.0 Å². The lowest BCUT2D eigenvalue weighted by molar-refractivity contribution is -0.275. The summed E-state index contributed by atoms with van der Waals surface area (Å²) in [5.41, 5.74) is 9.05. The van der Waals surface area contributed by atoms with E-state index < -0.39 is 84.1 Å². The first kappa shape index (κ1) is 88.9. The molecule has 2 fully saturated rings. The van der Waals surface area contributed by atoms with Crippen LogP contribution in [0.2, 0.25) is 0 Å². The number of morpholine rings is 1. The molecule has 0 aliphatic carbocycles. The number of piperazine rings is 1. The van der Waals surface area contributed by atoms with Gasteiger partial charge in [-0.3, -0.25) is 34.3 Å². The van der Waals surface area contributed by atoms with Gasteiger partial charge in [-0.2, -0.15) is 0 Å². The molecule has 640 valence electrons. The maximum absolute atomic E-state index is 13.3. The number of fused-ring (bicyclic) bond motifs is 4. The Morgan fingerprint density at radius 3 is 0.976 bits per heavy atom. The van der Waals surface area contributed by atoms with Gasteiger partial charge in [0.05, 0.1) is 120 Å². The van der Waals surface area contributed by atoms with E-state index in [1.54, 1.807) is 47.4 Å². The van der Waals surface area contributed by atoms with Crippen LogP contribution < -0.4 is 51.3 Å². The van der Waals surface area contributed by atoms with Gasteiger partial charge in [0.2, 0.25) is 0 Å². The van der Waals surface area contributed by atoms with Crippen molar-refractivity contribution in [3.63, 3.8) is 0 Å². The van der Waals surface area contributed by atoms with Gasteiger partial charge in [0.1, 0.15) is 23.0 Å². The highest BCUT2D eigenvalue weighted by Crippen LogP contribution is 2.41. The highest BCUT2D eigenvalue weighted by Gasteiger charge is 2.36. The fourth-order valence-corrected chi connectivity index (χ4v) is 12.6. The fraction of sp³-hybridized carbons (Fsp3) is 0.183. The number of hydrogen-bond donors (Lipinski definition) is 10. The zero-order valence-corrected chi connectivity index (χ0v) is 63.8. The quantitative estimate of drug-likeness (QED) is 0.0317. The number of rotatable bonds is 20. The summed E-state index contributed by atoms with van der Waals surface area (Å²) in [5, 5.41) is 53.5. The van der Waals surface area contributed by atoms with Crippen LogP contribution in [0.25, 0.3) is 43.6 Å². The molecule has 41 heteroatoms. The van der Waals surface area contributed by atoms with Crippen molar-refractivity contribution in [2.75, 3.05) is 87.8 Å². The standard InChI is InChI=1S/C22H19F3N4O4.C22H18F3N3O5.C20H16F3N3O4.C18H14F3N3O3/c23-22(24,25)33-13-5-6-17-15(11-13)19(28-18-4-2-1-3-14(18)21(31)32)16(12-27-17)20(30)29-9-7-26-8-10-29;23-22(24,25)33-13-5-6-17-15(11-13)19(27-18-4-2-1-3-14(18)21(30)31)16(12-26-17)20(29)28-7-9-32-10-8-28;1-26(2)18(27)14-10-24-15-8-7-11(30-20(21,22)23)9-13(15)17(14)25-16-6-4-3-5-12(16)19(28)29;19-18(20,21)27-11-5-6-14-13(7-11)16(10(8-22)9-23-14)24-15-4-2-1-3-12(15)17(25)26/h1-6,11-12,26H,7-10H2,(H,27,28)(H,31,32);1-6,11-12H,7-10H2,(H,26,27)(H,30,31);3-10H,1-2H3,(H,24,25)(H,28,29);1-7,9H,8,22H2,(H,23,24)(H,25,26). The summed E-state index contributed by atoms with van der Waals surface area (Å²) in [5.74, 6) is -7.92. The van der Waals surface area contributed by atoms with Crippen LogP contribution >= 0.6 is 0 Å². The SMILES string of the molecule is CN(C)C(=O)c1cnc2ccc(OC(F)(F)F)cc2c1Nc1ccccc1C(=O)O.NCc1cnc2ccc(OC(F)(F)F)cc2c1Nc1ccccc1C(=O)O.O=C(O)c1ccccc1Nc1c(C(=O)N2CCNCC2)cnc2ccc(OC(F)(F)F)cc12.O=C(O)c1ccccc1Nc1c(C(=O)N2CCOCC2)cnc2ccc(OC(F)(F)F)cc12. The zero-order chi connectivity index (χ0) is 88.8. The van der Waals surface area contributed by atoms with Gasteiger partial charge >= 0.3 is 49.3 Å². The van der Waals surface area contributed by atoms with Gasteiger partial charge in [-0.1, -0.05) is 48.5 Å². The molecule has 12 aromatic rings. The van der Waals surface area contributed by atoms with Gasteiger partial charge < -0.3 is 91.1 Å². The number of benzene rings is 8. The van der Waals surface area contributed by atoms with Gasteiger partial charge in [-0.15, -0.1) is 52.7 Å². The smallest absolute Gasteiger partial charge is 0.478 e. The van der Waals surface area contributed by atoms with E-state index in [9.17, 15) is 107 Å². The van der Waals surface area contributed by atoms with Crippen molar-refractivity contribution in [2.45, 2.75) is 32.0 Å². The number of nitrogens with two attached hydrogens (primary N) is 1. The Kier molecular flexibility index (Phi) is 27.5. The Labute approximate surface area is 686 Å². The lowest BCUT2D eigenvalue weighted by Gasteiger charge is -2.28. The second kappa shape index (κ2) is 38.0. The van der Waals surface area contributed by atoms with Gasteiger partial charge in [0.15, 0.2) is 0 Å². The lowest BCUT2D eigenvalue weighted by atomic mass is 10.1. The molecule has 6 heterocycles. The first-order valence-electron chi connectivity index (χ1n) is 36.2. The van der Waals surface area contributed by atoms with Crippen LogP contribution in [0.3, 0.4) is 0 Å². The molecule has 2 aliphatic heterocycles. The van der Waals surface area contributed by atoms with Crippen molar-refractivity contribution in [1.29, 1.82) is 0 Å². The fourth-order valence-electron chi connectivity index (χ4n) is 12.6. The van der Waals surface area contributed by atoms with Crippen molar-refractivity contribution in [1.82, 2.24) is 40.0 Å². The second-order valence-corrected chi connectivity index (χ2v) is 26.5. The van der Waals surface area contributed by atoms with E-state index in [0.29, 0.717) is 85.7 Å². The van der Waals surface area contributed by atoms with Gasteiger partial charge in [0.25, 0.3) is 17.7 Å². The molecule has 4 aromatic heterocycles. The van der Waals surface area contributed by atoms with E-state index >= 15 is 0 Å². The van der Waals surface area contributed by atoms with Crippen molar-refractivity contribution in [3.05, 3.63) is 239 Å². The predicted octanol–water partition coefficient (Wildman–Crippen LogP) is 16.0. The Morgan fingerprint density at radius 1 is 0.398 bits per heavy atom. The number of halogens is 12. The van der Waals surface area contributed by atoms with Crippen molar-refractivity contribution >= 4 is 131 Å². The highest BCUT2D eigenvalue weighted by atomic mass is 19.4. The van der Waals surface area contributed by atoms with Gasteiger partial charge in [-0.05, 0) is 121 Å². The molecule has 2 saturated heterocycles. The van der Waals surface area contributed by atoms with Crippen LogP contribution in [0.4, 0.5) is 98.2 Å². The van der Waals surface area contributed by atoms with Crippen LogP contribution in [0, 0.1) is 0 Å². The number of pyridine rings is 4. The van der Waals surface area contributed by atoms with E-state index in [0.717, 1.165) is 42.5 Å². The maximum atomic E-state index is 13.3. The van der Waals surface area contributed by atoms with E-state index in [-0.39, 0.29) is 113 Å². The molecule has 11 N–H and O–H groups in total. The number of nitrogens with zero attached hydrogens (tertiary/aromatic N) is 7. The van der Waals surface area contributed by atoms with Gasteiger partial charge in [-0.25, -0.2) is 19.2 Å². The number of ether oxygens (including phenoxy) is 5. The maximum Gasteiger partial charge on any atom is 0.573 e. The van der Waals surface area contributed by atoms with Crippen molar-refractivity contribution < 1.29 is 130 Å². The molecule has 0 atom stereocenters. The lowest BCUT2D eigenvalue weighted by Crippen LogP contribution is -2.46. The van der Waals surface area contributed by atoms with E-state index in [1.165, 1.54) is 134 Å². The van der Waals surface area contributed by atoms with Crippen LogP contribution in [-0.4, -0.2) is 189 Å². The summed E-state index contributed by atoms with van der Waals surface area (Å²) in [6.07, 6.45) is -14.1. The molecule has 0 spiro atoms. The van der Waals surface area contributed by atoms with Crippen molar-refractivity contribution in [3.8, 4) is 23.0 Å². The van der Waals surface area contributed by atoms with Crippen LogP contribution in [-0.2, 0) is 11.3 Å². The first-order valence-corrected chi connectivity index (χ1v) is 36.2. The molecule has 0 unspecified atom stereocenters. The number of carbonyl (C=O) groups is 7. The Balaban J connectivity index is 0.000000160. The molecule has 0 bridgehead atoms. The first-order chi connectivity index (χ1) is 58.3. The normalized spacial score (nSPS) is 12.9. The number of carboxylic acids is 4. The molecule has 2 aliphatic rings. The Hall–Kier alpha value is -14.9. The number of aromatic carboxylic acids is 4. The molecule has 29 nitrogen and oxygen atoms in total. The average Bonchev–Trinajstić information content (AvgIpc) is 0.773. The Morgan fingerprint density at radius 2 is 0.675 bits per heavy atom. The van der Waals surface area contributed by atoms with Crippen LogP contribution in [0.15, 0.2) is 195 Å². The average molecular weight is 1720 g/mol. The summed E-state index contributed by atoms with van der Waals surface area (Å²) in [7, 11) is 3.01. The minimum atomic E-state index is -4.91. The number of hydrogen-bond acceptors (Lipinski definition) is 22. The predicted molar refractivity (Wildman–Crippen MR) is 422 cm³/mol. The van der Waals surface area contributed by atoms with E-state index in [2.05, 4.69) is 65.5 Å². The summed E-state index contributed by atoms with van der Waals surface area (Å²) in [6, 6.07) is 38.5. The van der Waals surface area contributed by atoms with E-state index in [1.807, 2.05) is 0 Å². The molecular weight excluding hydrogens is 1650 g/mol. The molecule has 8 aromatic carbocycles. The van der Waals surface area contributed by atoms with E-state index in [4.69, 9.17) is 10.5 Å². The number of anilines is 8. The third-order valence-electron chi connectivity index (χ3n) is 18.1. The minimum Gasteiger partial charge on any atom is -0.478 e. The third kappa shape index (κ3) is 23.0. The molecule has 14 rings (SSSR count). The minimum absolute atomic E-state index is 0.00753. The second-order valence-electron chi connectivity index (χ2n) is 26.5. The largest absolute Gasteiger partial charge is 0.573 e. The molecule has 0 radical (unpaired) electrons. The molecular formula is C82H67F12N13O16. The number of alkyl halides is 12. The highest BCUT2D eigenvalue weighted by molar-refractivity contribution is 6.12. The molecule has 0 saturated carbocycles. The molecule has 3 amide bonds. The summed E-state index contributed by atoms with van der Waals surface area (Å²) in [4.78, 5) is 107. The Bertz CT molecular complexity index is 5800. The number of nitrogens with one attached hydrogen (secondary N) is 5. The molecule has 123 heavy (non-hydrogen) atoms. The monoisotopic (exact) mass is 1720 g/mol. The summed E-state index contributed by atoms with van der Waals surface area (Å²) in [6.45, 7) is 3.49. The summed E-state index contributed by atoms with van der Waals surface area (Å²) < 4.78 is 174. The van der Waals surface area contributed by atoms with Gasteiger partial charge in [0, 0.05) is 112 Å². The zero-order valence-electron chi connectivity index (χ0n) is 63.8. The number of carbonyl (C=O) groups excluding carboxylic acids is 3. The topological polar surface area (TPSA) is 394 Å². The number of carboxylic acid groups (broad SMARTS) is 4. The van der Waals surface area contributed by atoms with Crippen LogP contribution in [0.1, 0.15) is 78.1 Å². The third-order valence-corrected chi connectivity index (χ3v) is 18.1. The number of para-hydroxylation sites is 4. The number of amides is 3. The number of aromatic nitrogens is 4. The van der Waals surface area contributed by atoms with Crippen molar-refractivity contribution in [2.24, 2.45) is 5.73 Å².